The molecule has 0 aliphatic rings. The second-order valence-corrected chi connectivity index (χ2v) is 9.05. The molecule has 3 aromatic carbocycles. The first-order valence-corrected chi connectivity index (χ1v) is 11.6. The fourth-order valence-electron chi connectivity index (χ4n) is 2.99. The number of hydrogen-bond donors (Lipinski definition) is 2. The van der Waals surface area contributed by atoms with Crippen molar-refractivity contribution in [2.24, 2.45) is 0 Å². The zero-order valence-corrected chi connectivity index (χ0v) is 20.1. The van der Waals surface area contributed by atoms with Gasteiger partial charge >= 0.3 is 5.97 Å². The third-order valence-electron chi connectivity index (χ3n) is 4.52. The van der Waals surface area contributed by atoms with E-state index in [9.17, 15) is 9.90 Å². The Morgan fingerprint density at radius 1 is 1.16 bits per heavy atom. The lowest BCUT2D eigenvalue weighted by Crippen LogP contribution is -1.99. The molecule has 3 aromatic rings. The third kappa shape index (κ3) is 6.29. The van der Waals surface area contributed by atoms with Crippen LogP contribution in [0.25, 0.3) is 5.57 Å². The van der Waals surface area contributed by atoms with Crippen LogP contribution >= 0.6 is 39.3 Å². The molecular formula is C24H21BrClNO3S. The van der Waals surface area contributed by atoms with Gasteiger partial charge in [-0.05, 0) is 64.3 Å². The van der Waals surface area contributed by atoms with Crippen LogP contribution in [-0.2, 0) is 10.5 Å². The first-order chi connectivity index (χ1) is 14.9. The summed E-state index contributed by atoms with van der Waals surface area (Å²) in [5.74, 6) is 0.449. The third-order valence-corrected chi connectivity index (χ3v) is 6.78. The van der Waals surface area contributed by atoms with Crippen LogP contribution in [0.3, 0.4) is 0 Å². The van der Waals surface area contributed by atoms with Crippen molar-refractivity contribution in [3.63, 3.8) is 0 Å². The number of benzene rings is 3. The largest absolute Gasteiger partial charge is 0.495 e. The molecule has 0 aliphatic carbocycles. The number of thioether (sulfide) groups is 1. The van der Waals surface area contributed by atoms with Crippen LogP contribution in [0.1, 0.15) is 18.1 Å². The number of anilines is 2. The highest BCUT2D eigenvalue weighted by atomic mass is 79.9. The van der Waals surface area contributed by atoms with Gasteiger partial charge in [-0.3, -0.25) is 0 Å². The Kier molecular flexibility index (Phi) is 8.07. The number of hydrogen-bond acceptors (Lipinski definition) is 4. The summed E-state index contributed by atoms with van der Waals surface area (Å²) in [6.07, 6.45) is 1.21. The lowest BCUT2D eigenvalue weighted by atomic mass is 10.0. The number of carbonyl (C=O) groups is 1. The molecule has 0 saturated heterocycles. The number of nitrogens with one attached hydrogen (secondary N) is 1. The van der Waals surface area contributed by atoms with Gasteiger partial charge in [-0.15, -0.1) is 11.8 Å². The highest BCUT2D eigenvalue weighted by Crippen LogP contribution is 2.38. The number of rotatable bonds is 8. The Bertz CT molecular complexity index is 1120. The first kappa shape index (κ1) is 23.3. The highest BCUT2D eigenvalue weighted by molar-refractivity contribution is 9.10. The van der Waals surface area contributed by atoms with Gasteiger partial charge in [0, 0.05) is 32.4 Å². The summed E-state index contributed by atoms with van der Waals surface area (Å²) in [7, 11) is 1.58. The summed E-state index contributed by atoms with van der Waals surface area (Å²) in [6, 6.07) is 19.7. The van der Waals surface area contributed by atoms with Gasteiger partial charge in [0.2, 0.25) is 0 Å². The molecule has 0 saturated carbocycles. The molecule has 0 radical (unpaired) electrons. The minimum atomic E-state index is -0.991. The van der Waals surface area contributed by atoms with Gasteiger partial charge < -0.3 is 15.2 Å². The van der Waals surface area contributed by atoms with E-state index in [2.05, 4.69) is 33.4 Å². The molecule has 7 heteroatoms. The van der Waals surface area contributed by atoms with E-state index in [1.807, 2.05) is 36.4 Å². The average Bonchev–Trinajstić information content (AvgIpc) is 2.75. The van der Waals surface area contributed by atoms with Crippen molar-refractivity contribution in [3.05, 3.63) is 87.4 Å². The zero-order valence-electron chi connectivity index (χ0n) is 17.0. The molecule has 0 fully saturated rings. The van der Waals surface area contributed by atoms with Gasteiger partial charge in [-0.25, -0.2) is 4.79 Å². The molecule has 0 spiro atoms. The number of carboxylic acids is 1. The van der Waals surface area contributed by atoms with E-state index in [0.717, 1.165) is 26.4 Å². The molecule has 0 aliphatic heterocycles. The molecule has 0 atom stereocenters. The van der Waals surface area contributed by atoms with Crippen molar-refractivity contribution in [2.45, 2.75) is 17.6 Å². The molecule has 4 nitrogen and oxygen atoms in total. The number of allylic oxidation sites excluding steroid dienone is 1. The first-order valence-electron chi connectivity index (χ1n) is 9.40. The smallest absolute Gasteiger partial charge is 0.328 e. The van der Waals surface area contributed by atoms with Crippen LogP contribution in [0.4, 0.5) is 11.4 Å². The summed E-state index contributed by atoms with van der Waals surface area (Å²) in [5, 5.41) is 13.1. The van der Waals surface area contributed by atoms with Gasteiger partial charge in [0.15, 0.2) is 0 Å². The summed E-state index contributed by atoms with van der Waals surface area (Å²) in [5.41, 5.74) is 4.10. The predicted molar refractivity (Wildman–Crippen MR) is 133 cm³/mol. The van der Waals surface area contributed by atoms with Crippen LogP contribution in [0.2, 0.25) is 5.02 Å². The second-order valence-electron chi connectivity index (χ2n) is 6.74. The fraction of sp³-hybridized carbons (Fsp3) is 0.125. The molecule has 0 bridgehead atoms. The number of aliphatic carboxylic acids is 1. The van der Waals surface area contributed by atoms with Gasteiger partial charge in [0.05, 0.1) is 17.8 Å². The van der Waals surface area contributed by atoms with Crippen LogP contribution in [0.5, 0.6) is 5.75 Å². The fourth-order valence-corrected chi connectivity index (χ4v) is 4.37. The lowest BCUT2D eigenvalue weighted by Gasteiger charge is -2.17. The number of halogens is 2. The van der Waals surface area contributed by atoms with E-state index in [0.29, 0.717) is 22.0 Å². The SMILES string of the molecule is COc1cc(Br)c(Cl)cc1Nc1ccc(SCc2ccccc2)cc1C(C)=CC(=O)O. The molecule has 3 rings (SSSR count). The Balaban J connectivity index is 1.96. The summed E-state index contributed by atoms with van der Waals surface area (Å²) >= 11 is 11.4. The van der Waals surface area contributed by atoms with Crippen molar-refractivity contribution >= 4 is 62.2 Å². The van der Waals surface area contributed by atoms with Gasteiger partial charge in [-0.1, -0.05) is 41.9 Å². The minimum absolute atomic E-state index is 0.540. The van der Waals surface area contributed by atoms with Gasteiger partial charge in [-0.2, -0.15) is 0 Å². The van der Waals surface area contributed by atoms with Crippen LogP contribution in [0.15, 0.2) is 76.1 Å². The van der Waals surface area contributed by atoms with Crippen LogP contribution in [0, 0.1) is 0 Å². The molecule has 31 heavy (non-hydrogen) atoms. The average molecular weight is 519 g/mol. The van der Waals surface area contributed by atoms with Crippen LogP contribution < -0.4 is 10.1 Å². The van der Waals surface area contributed by atoms with Crippen molar-refractivity contribution < 1.29 is 14.6 Å². The van der Waals surface area contributed by atoms with E-state index in [-0.39, 0.29) is 0 Å². The van der Waals surface area contributed by atoms with Gasteiger partial charge in [0.1, 0.15) is 5.75 Å². The highest BCUT2D eigenvalue weighted by Gasteiger charge is 2.13. The molecule has 0 aromatic heterocycles. The maximum absolute atomic E-state index is 11.3. The Labute approximate surface area is 199 Å². The minimum Gasteiger partial charge on any atom is -0.495 e. The second kappa shape index (κ2) is 10.8. The van der Waals surface area contributed by atoms with Crippen molar-refractivity contribution in [3.8, 4) is 5.75 Å². The molecular weight excluding hydrogens is 498 g/mol. The van der Waals surface area contributed by atoms with E-state index in [4.69, 9.17) is 16.3 Å². The molecule has 0 amide bonds. The standard InChI is InChI=1S/C24H21BrClNO3S/c1-15(10-24(28)29)18-11-17(31-14-16-6-4-3-5-7-16)8-9-21(18)27-22-13-20(26)19(25)12-23(22)30-2/h3-13,27H,14H2,1-2H3,(H,28,29). The monoisotopic (exact) mass is 517 g/mol. The van der Waals surface area contributed by atoms with Crippen LogP contribution in [-0.4, -0.2) is 18.2 Å². The maximum atomic E-state index is 11.3. The molecule has 2 N–H and O–H groups in total. The predicted octanol–water partition coefficient (Wildman–Crippen LogP) is 7.63. The topological polar surface area (TPSA) is 58.6 Å². The molecule has 160 valence electrons. The van der Waals surface area contributed by atoms with E-state index < -0.39 is 5.97 Å². The Hall–Kier alpha value is -2.41. The van der Waals surface area contributed by atoms with Crippen molar-refractivity contribution in [2.75, 3.05) is 12.4 Å². The van der Waals surface area contributed by atoms with Gasteiger partial charge in [0.25, 0.3) is 0 Å². The molecule has 0 heterocycles. The van der Waals surface area contributed by atoms with E-state index in [1.165, 1.54) is 11.6 Å². The number of methoxy groups -OCH3 is 1. The normalized spacial score (nSPS) is 11.3. The molecule has 0 unspecified atom stereocenters. The van der Waals surface area contributed by atoms with E-state index in [1.54, 1.807) is 37.9 Å². The zero-order chi connectivity index (χ0) is 22.4. The summed E-state index contributed by atoms with van der Waals surface area (Å²) in [6.45, 7) is 1.78. The van der Waals surface area contributed by atoms with E-state index >= 15 is 0 Å². The Morgan fingerprint density at radius 2 is 1.90 bits per heavy atom. The van der Waals surface area contributed by atoms with Crippen molar-refractivity contribution in [1.29, 1.82) is 0 Å². The summed E-state index contributed by atoms with van der Waals surface area (Å²) in [4.78, 5) is 12.3. The number of carboxylic acid groups (broad SMARTS) is 1. The quantitative estimate of drug-likeness (QED) is 0.237. The summed E-state index contributed by atoms with van der Waals surface area (Å²) < 4.78 is 6.19. The van der Waals surface area contributed by atoms with Crippen molar-refractivity contribution in [1.82, 2.24) is 0 Å². The number of ether oxygens (including phenoxy) is 1. The maximum Gasteiger partial charge on any atom is 0.328 e. The Morgan fingerprint density at radius 3 is 2.58 bits per heavy atom. The lowest BCUT2D eigenvalue weighted by molar-refractivity contribution is -0.131.